The second-order valence-electron chi connectivity index (χ2n) is 3.65. The number of aromatic nitrogens is 2. The molecule has 1 amide bonds. The van der Waals surface area contributed by atoms with Gasteiger partial charge in [0.05, 0.1) is 18.3 Å². The van der Waals surface area contributed by atoms with Gasteiger partial charge in [0.2, 0.25) is 11.9 Å². The van der Waals surface area contributed by atoms with Gasteiger partial charge in [0, 0.05) is 5.69 Å². The highest BCUT2D eigenvalue weighted by molar-refractivity contribution is 5.91. The molecule has 0 bridgehead atoms. The zero-order valence-electron chi connectivity index (χ0n) is 9.43. The quantitative estimate of drug-likeness (QED) is 0.802. The molecule has 5 nitrogen and oxygen atoms in total. The maximum Gasteiger partial charge on any atom is 0.231 e. The number of amides is 1. The van der Waals surface area contributed by atoms with E-state index in [1.807, 2.05) is 0 Å². The molecule has 6 heteroatoms. The Bertz CT molecular complexity index is 556. The average Bonchev–Trinajstić information content (AvgIpc) is 2.32. The standard InChI is InChI=1S/C12H11FN4O/c13-10-2-1-3-11(16-10)17-12(18)6-9-5-4-8(14)7-15-9/h1-5,7H,6,14H2,(H,16,17,18). The molecule has 2 rings (SSSR count). The fourth-order valence-electron chi connectivity index (χ4n) is 1.37. The third-order valence-electron chi connectivity index (χ3n) is 2.17. The molecule has 0 aliphatic carbocycles. The third kappa shape index (κ3) is 3.24. The lowest BCUT2D eigenvalue weighted by Gasteiger charge is -2.04. The van der Waals surface area contributed by atoms with E-state index in [2.05, 4.69) is 15.3 Å². The summed E-state index contributed by atoms with van der Waals surface area (Å²) >= 11 is 0. The maximum absolute atomic E-state index is 12.8. The van der Waals surface area contributed by atoms with Gasteiger partial charge in [-0.15, -0.1) is 0 Å². The highest BCUT2D eigenvalue weighted by Gasteiger charge is 2.06. The van der Waals surface area contributed by atoms with Crippen molar-refractivity contribution in [1.29, 1.82) is 0 Å². The van der Waals surface area contributed by atoms with Gasteiger partial charge in [-0.2, -0.15) is 4.39 Å². The Hall–Kier alpha value is -2.50. The van der Waals surface area contributed by atoms with Crippen LogP contribution in [0.3, 0.4) is 0 Å². The molecule has 0 saturated heterocycles. The van der Waals surface area contributed by atoms with E-state index in [4.69, 9.17) is 5.73 Å². The normalized spacial score (nSPS) is 10.1. The summed E-state index contributed by atoms with van der Waals surface area (Å²) in [5, 5.41) is 2.48. The first kappa shape index (κ1) is 12.0. The fourth-order valence-corrected chi connectivity index (χ4v) is 1.37. The van der Waals surface area contributed by atoms with Gasteiger partial charge < -0.3 is 11.1 Å². The lowest BCUT2D eigenvalue weighted by atomic mass is 10.2. The number of pyridine rings is 2. The Labute approximate surface area is 103 Å². The number of nitrogens with one attached hydrogen (secondary N) is 1. The third-order valence-corrected chi connectivity index (χ3v) is 2.17. The van der Waals surface area contributed by atoms with E-state index in [1.165, 1.54) is 24.4 Å². The van der Waals surface area contributed by atoms with Crippen LogP contribution in [0, 0.1) is 5.95 Å². The number of carbonyl (C=O) groups excluding carboxylic acids is 1. The molecule has 0 saturated carbocycles. The van der Waals surface area contributed by atoms with Gasteiger partial charge in [0.1, 0.15) is 5.82 Å². The predicted octanol–water partition coefficient (Wildman–Crippen LogP) is 1.38. The molecular weight excluding hydrogens is 235 g/mol. The van der Waals surface area contributed by atoms with Crippen LogP contribution in [0.25, 0.3) is 0 Å². The van der Waals surface area contributed by atoms with Crippen LogP contribution >= 0.6 is 0 Å². The Morgan fingerprint density at radius 1 is 1.33 bits per heavy atom. The van der Waals surface area contributed by atoms with Crippen molar-refractivity contribution in [3.05, 3.63) is 48.2 Å². The minimum Gasteiger partial charge on any atom is -0.397 e. The van der Waals surface area contributed by atoms with Crippen LogP contribution in [0.5, 0.6) is 0 Å². The van der Waals surface area contributed by atoms with Gasteiger partial charge in [-0.05, 0) is 24.3 Å². The summed E-state index contributed by atoms with van der Waals surface area (Å²) in [6, 6.07) is 7.51. The monoisotopic (exact) mass is 246 g/mol. The molecule has 18 heavy (non-hydrogen) atoms. The average molecular weight is 246 g/mol. The zero-order chi connectivity index (χ0) is 13.0. The smallest absolute Gasteiger partial charge is 0.231 e. The Morgan fingerprint density at radius 2 is 2.17 bits per heavy atom. The number of hydrogen-bond donors (Lipinski definition) is 2. The van der Waals surface area contributed by atoms with E-state index < -0.39 is 5.95 Å². The number of nitrogens with two attached hydrogens (primary N) is 1. The minimum atomic E-state index is -0.640. The van der Waals surface area contributed by atoms with Crippen LogP contribution in [-0.2, 0) is 11.2 Å². The van der Waals surface area contributed by atoms with Gasteiger partial charge in [0.15, 0.2) is 0 Å². The van der Waals surface area contributed by atoms with Crippen molar-refractivity contribution in [3.63, 3.8) is 0 Å². The maximum atomic E-state index is 12.8. The van der Waals surface area contributed by atoms with E-state index in [-0.39, 0.29) is 18.1 Å². The molecule has 0 aromatic carbocycles. The van der Waals surface area contributed by atoms with E-state index in [0.29, 0.717) is 11.4 Å². The Morgan fingerprint density at radius 3 is 2.83 bits per heavy atom. The van der Waals surface area contributed by atoms with E-state index in [0.717, 1.165) is 0 Å². The number of hydrogen-bond acceptors (Lipinski definition) is 4. The van der Waals surface area contributed by atoms with Crippen LogP contribution < -0.4 is 11.1 Å². The van der Waals surface area contributed by atoms with Crippen molar-refractivity contribution < 1.29 is 9.18 Å². The van der Waals surface area contributed by atoms with Crippen LogP contribution in [0.1, 0.15) is 5.69 Å². The first-order chi connectivity index (χ1) is 8.63. The highest BCUT2D eigenvalue weighted by Crippen LogP contribution is 2.06. The zero-order valence-corrected chi connectivity index (χ0v) is 9.43. The molecule has 0 aliphatic rings. The van der Waals surface area contributed by atoms with Gasteiger partial charge >= 0.3 is 0 Å². The molecule has 0 aliphatic heterocycles. The summed E-state index contributed by atoms with van der Waals surface area (Å²) in [4.78, 5) is 19.2. The van der Waals surface area contributed by atoms with E-state index in [1.54, 1.807) is 12.1 Å². The van der Waals surface area contributed by atoms with Crippen LogP contribution in [0.4, 0.5) is 15.9 Å². The van der Waals surface area contributed by atoms with Crippen molar-refractivity contribution >= 4 is 17.4 Å². The molecule has 0 unspecified atom stereocenters. The van der Waals surface area contributed by atoms with Gasteiger partial charge in [-0.3, -0.25) is 9.78 Å². The molecule has 0 radical (unpaired) electrons. The van der Waals surface area contributed by atoms with Gasteiger partial charge in [0.25, 0.3) is 0 Å². The summed E-state index contributed by atoms with van der Waals surface area (Å²) < 4.78 is 12.8. The molecule has 3 N–H and O–H groups in total. The van der Waals surface area contributed by atoms with Crippen molar-refractivity contribution in [2.45, 2.75) is 6.42 Å². The number of anilines is 2. The fraction of sp³-hybridized carbons (Fsp3) is 0.0833. The number of nitrogens with zero attached hydrogens (tertiary/aromatic N) is 2. The molecule has 2 aromatic rings. The summed E-state index contributed by atoms with van der Waals surface area (Å²) in [6.07, 6.45) is 1.56. The van der Waals surface area contributed by atoms with E-state index >= 15 is 0 Å². The number of nitrogen functional groups attached to an aromatic ring is 1. The Kier molecular flexibility index (Phi) is 3.47. The number of halogens is 1. The molecule has 0 spiro atoms. The second kappa shape index (κ2) is 5.22. The first-order valence-corrected chi connectivity index (χ1v) is 5.26. The van der Waals surface area contributed by atoms with Crippen LogP contribution in [0.15, 0.2) is 36.5 Å². The van der Waals surface area contributed by atoms with Gasteiger partial charge in [-0.25, -0.2) is 4.98 Å². The molecule has 2 heterocycles. The van der Waals surface area contributed by atoms with E-state index in [9.17, 15) is 9.18 Å². The molecule has 0 atom stereocenters. The lowest BCUT2D eigenvalue weighted by Crippen LogP contribution is -2.16. The van der Waals surface area contributed by atoms with Crippen molar-refractivity contribution in [2.24, 2.45) is 0 Å². The lowest BCUT2D eigenvalue weighted by molar-refractivity contribution is -0.115. The number of carbonyl (C=O) groups is 1. The SMILES string of the molecule is Nc1ccc(CC(=O)Nc2cccc(F)n2)nc1. The second-order valence-corrected chi connectivity index (χ2v) is 3.65. The summed E-state index contributed by atoms with van der Waals surface area (Å²) in [5.41, 5.74) is 6.60. The largest absolute Gasteiger partial charge is 0.397 e. The minimum absolute atomic E-state index is 0.0818. The molecule has 0 fully saturated rings. The summed E-state index contributed by atoms with van der Waals surface area (Å²) in [7, 11) is 0. The molecular formula is C12H11FN4O. The predicted molar refractivity (Wildman–Crippen MR) is 65.2 cm³/mol. The number of rotatable bonds is 3. The molecule has 2 aromatic heterocycles. The molecule has 92 valence electrons. The van der Waals surface area contributed by atoms with Gasteiger partial charge in [-0.1, -0.05) is 6.07 Å². The topological polar surface area (TPSA) is 80.9 Å². The Balaban J connectivity index is 1.98. The highest BCUT2D eigenvalue weighted by atomic mass is 19.1. The first-order valence-electron chi connectivity index (χ1n) is 5.26. The van der Waals surface area contributed by atoms with Crippen molar-refractivity contribution in [2.75, 3.05) is 11.1 Å². The van der Waals surface area contributed by atoms with Crippen LogP contribution in [0.2, 0.25) is 0 Å². The van der Waals surface area contributed by atoms with Crippen molar-refractivity contribution in [1.82, 2.24) is 9.97 Å². The van der Waals surface area contributed by atoms with Crippen LogP contribution in [-0.4, -0.2) is 15.9 Å². The summed E-state index contributed by atoms with van der Waals surface area (Å²) in [6.45, 7) is 0. The van der Waals surface area contributed by atoms with Crippen molar-refractivity contribution in [3.8, 4) is 0 Å². The summed E-state index contributed by atoms with van der Waals surface area (Å²) in [5.74, 6) is -0.778.